The normalized spacial score (nSPS) is 11.2. The van der Waals surface area contributed by atoms with Crippen molar-refractivity contribution >= 4 is 17.1 Å². The Balaban J connectivity index is 2.31. The van der Waals surface area contributed by atoms with Crippen LogP contribution in [0.4, 0.5) is 30.2 Å². The van der Waals surface area contributed by atoms with Gasteiger partial charge in [0.1, 0.15) is 5.75 Å². The molecule has 6 heteroatoms. The minimum Gasteiger partial charge on any atom is -0.495 e. The average Bonchev–Trinajstić information content (AvgIpc) is 2.40. The van der Waals surface area contributed by atoms with Crippen molar-refractivity contribution in [1.82, 2.24) is 0 Å². The maximum atomic E-state index is 12.5. The van der Waals surface area contributed by atoms with Gasteiger partial charge in [-0.25, -0.2) is 0 Å². The first-order valence-corrected chi connectivity index (χ1v) is 5.78. The number of halogens is 3. The molecule has 0 bridgehead atoms. The van der Waals surface area contributed by atoms with Gasteiger partial charge in [-0.3, -0.25) is 0 Å². The second kappa shape index (κ2) is 5.32. The molecule has 0 saturated heterocycles. The van der Waals surface area contributed by atoms with Gasteiger partial charge in [-0.1, -0.05) is 12.1 Å². The zero-order valence-corrected chi connectivity index (χ0v) is 10.7. The first kappa shape index (κ1) is 14.0. The second-order valence-corrected chi connectivity index (χ2v) is 4.13. The number of rotatable bonds is 3. The van der Waals surface area contributed by atoms with Crippen molar-refractivity contribution in [3.63, 3.8) is 0 Å². The van der Waals surface area contributed by atoms with Crippen molar-refractivity contribution < 1.29 is 17.9 Å². The van der Waals surface area contributed by atoms with E-state index in [1.165, 1.54) is 13.2 Å². The van der Waals surface area contributed by atoms with Crippen LogP contribution in [-0.4, -0.2) is 7.11 Å². The number of methoxy groups -OCH3 is 1. The number of hydrogen-bond donors (Lipinski definition) is 2. The molecule has 0 fully saturated rings. The number of anilines is 3. The Morgan fingerprint density at radius 3 is 2.35 bits per heavy atom. The molecule has 2 rings (SSSR count). The fraction of sp³-hybridized carbons (Fsp3) is 0.143. The molecule has 0 unspecified atom stereocenters. The van der Waals surface area contributed by atoms with Crippen molar-refractivity contribution in [1.29, 1.82) is 0 Å². The Labute approximate surface area is 114 Å². The van der Waals surface area contributed by atoms with Crippen molar-refractivity contribution in [3.8, 4) is 5.75 Å². The van der Waals surface area contributed by atoms with E-state index in [9.17, 15) is 13.2 Å². The van der Waals surface area contributed by atoms with Crippen LogP contribution in [0.1, 0.15) is 5.56 Å². The molecule has 2 aromatic rings. The van der Waals surface area contributed by atoms with Crippen molar-refractivity contribution in [2.24, 2.45) is 0 Å². The maximum Gasteiger partial charge on any atom is 0.416 e. The number of nitrogen functional groups attached to an aromatic ring is 1. The Morgan fingerprint density at radius 2 is 1.75 bits per heavy atom. The molecule has 106 valence electrons. The summed E-state index contributed by atoms with van der Waals surface area (Å²) in [6, 6.07) is 10.2. The molecule has 3 nitrogen and oxygen atoms in total. The summed E-state index contributed by atoms with van der Waals surface area (Å²) in [5.74, 6) is 0.576. The molecule has 0 aliphatic rings. The van der Waals surface area contributed by atoms with Crippen LogP contribution >= 0.6 is 0 Å². The lowest BCUT2D eigenvalue weighted by Gasteiger charge is -2.14. The highest BCUT2D eigenvalue weighted by Gasteiger charge is 2.30. The topological polar surface area (TPSA) is 47.3 Å². The Hall–Kier alpha value is -2.37. The molecule has 0 radical (unpaired) electrons. The van der Waals surface area contributed by atoms with Crippen LogP contribution in [0.2, 0.25) is 0 Å². The first-order valence-electron chi connectivity index (χ1n) is 5.78. The van der Waals surface area contributed by atoms with Crippen LogP contribution in [0.5, 0.6) is 5.75 Å². The molecular weight excluding hydrogens is 269 g/mol. The third-order valence-electron chi connectivity index (χ3n) is 2.76. The lowest BCUT2D eigenvalue weighted by molar-refractivity contribution is -0.137. The standard InChI is InChI=1S/C14H13F3N2O/c1-20-13-5-3-2-4-12(13)19-11-7-6-9(8-10(11)18)14(15,16)17/h2-8,19H,18H2,1H3. The molecule has 0 aromatic heterocycles. The number of nitrogens with one attached hydrogen (secondary N) is 1. The summed E-state index contributed by atoms with van der Waals surface area (Å²) < 4.78 is 42.8. The largest absolute Gasteiger partial charge is 0.495 e. The summed E-state index contributed by atoms with van der Waals surface area (Å²) >= 11 is 0. The summed E-state index contributed by atoms with van der Waals surface area (Å²) in [4.78, 5) is 0. The molecular formula is C14H13F3N2O. The lowest BCUT2D eigenvalue weighted by atomic mass is 10.1. The summed E-state index contributed by atoms with van der Waals surface area (Å²) in [5, 5.41) is 2.95. The Kier molecular flexibility index (Phi) is 3.74. The van der Waals surface area contributed by atoms with E-state index >= 15 is 0 Å². The quantitative estimate of drug-likeness (QED) is 0.835. The predicted octanol–water partition coefficient (Wildman–Crippen LogP) is 4.04. The SMILES string of the molecule is COc1ccccc1Nc1ccc(C(F)(F)F)cc1N. The smallest absolute Gasteiger partial charge is 0.416 e. The van der Waals surface area contributed by atoms with Crippen molar-refractivity contribution in [2.75, 3.05) is 18.2 Å². The molecule has 0 aliphatic carbocycles. The van der Waals surface area contributed by atoms with Gasteiger partial charge in [-0.2, -0.15) is 13.2 Å². The third kappa shape index (κ3) is 2.96. The molecule has 2 aromatic carbocycles. The van der Waals surface area contributed by atoms with E-state index in [1.54, 1.807) is 24.3 Å². The van der Waals surface area contributed by atoms with Crippen LogP contribution < -0.4 is 15.8 Å². The van der Waals surface area contributed by atoms with Crippen LogP contribution in [0.3, 0.4) is 0 Å². The minimum atomic E-state index is -4.41. The van der Waals surface area contributed by atoms with E-state index in [-0.39, 0.29) is 5.69 Å². The van der Waals surface area contributed by atoms with Gasteiger partial charge in [0.2, 0.25) is 0 Å². The molecule has 0 amide bonds. The van der Waals surface area contributed by atoms with Gasteiger partial charge >= 0.3 is 6.18 Å². The molecule has 0 saturated carbocycles. The van der Waals surface area contributed by atoms with E-state index in [4.69, 9.17) is 10.5 Å². The monoisotopic (exact) mass is 282 g/mol. The number of nitrogens with two attached hydrogens (primary N) is 1. The van der Waals surface area contributed by atoms with E-state index < -0.39 is 11.7 Å². The highest BCUT2D eigenvalue weighted by Crippen LogP contribution is 2.35. The zero-order chi connectivity index (χ0) is 14.8. The van der Waals surface area contributed by atoms with Crippen LogP contribution in [0.15, 0.2) is 42.5 Å². The molecule has 3 N–H and O–H groups in total. The van der Waals surface area contributed by atoms with E-state index in [0.29, 0.717) is 17.1 Å². The summed E-state index contributed by atoms with van der Waals surface area (Å²) in [6.07, 6.45) is -4.41. The molecule has 0 atom stereocenters. The van der Waals surface area contributed by atoms with E-state index in [1.807, 2.05) is 0 Å². The third-order valence-corrected chi connectivity index (χ3v) is 2.76. The van der Waals surface area contributed by atoms with Gasteiger partial charge < -0.3 is 15.8 Å². The van der Waals surface area contributed by atoms with Crippen molar-refractivity contribution in [2.45, 2.75) is 6.18 Å². The van der Waals surface area contributed by atoms with Crippen LogP contribution in [-0.2, 0) is 6.18 Å². The number of ether oxygens (including phenoxy) is 1. The molecule has 20 heavy (non-hydrogen) atoms. The highest BCUT2D eigenvalue weighted by molar-refractivity contribution is 5.75. The summed E-state index contributed by atoms with van der Waals surface area (Å²) in [6.45, 7) is 0. The Bertz CT molecular complexity index is 612. The van der Waals surface area contributed by atoms with Gasteiger partial charge in [-0.15, -0.1) is 0 Å². The number of para-hydroxylation sites is 2. The van der Waals surface area contributed by atoms with Gasteiger partial charge in [0.05, 0.1) is 29.7 Å². The van der Waals surface area contributed by atoms with Gasteiger partial charge in [0.15, 0.2) is 0 Å². The van der Waals surface area contributed by atoms with Gasteiger partial charge in [0, 0.05) is 0 Å². The highest BCUT2D eigenvalue weighted by atomic mass is 19.4. The molecule has 0 spiro atoms. The first-order chi connectivity index (χ1) is 9.41. The van der Waals surface area contributed by atoms with E-state index in [2.05, 4.69) is 5.32 Å². The number of benzene rings is 2. The average molecular weight is 282 g/mol. The maximum absolute atomic E-state index is 12.5. The van der Waals surface area contributed by atoms with E-state index in [0.717, 1.165) is 12.1 Å². The molecule has 0 aliphatic heterocycles. The fourth-order valence-electron chi connectivity index (χ4n) is 1.75. The van der Waals surface area contributed by atoms with Crippen molar-refractivity contribution in [3.05, 3.63) is 48.0 Å². The Morgan fingerprint density at radius 1 is 1.05 bits per heavy atom. The fourth-order valence-corrected chi connectivity index (χ4v) is 1.75. The summed E-state index contributed by atoms with van der Waals surface area (Å²) in [5.41, 5.74) is 5.91. The number of alkyl halides is 3. The predicted molar refractivity (Wildman–Crippen MR) is 72.1 cm³/mol. The zero-order valence-electron chi connectivity index (χ0n) is 10.7. The van der Waals surface area contributed by atoms with Gasteiger partial charge in [0.25, 0.3) is 0 Å². The number of hydrogen-bond acceptors (Lipinski definition) is 3. The van der Waals surface area contributed by atoms with Gasteiger partial charge in [-0.05, 0) is 30.3 Å². The lowest BCUT2D eigenvalue weighted by Crippen LogP contribution is -2.06. The molecule has 0 heterocycles. The van der Waals surface area contributed by atoms with Crippen LogP contribution in [0, 0.1) is 0 Å². The summed E-state index contributed by atoms with van der Waals surface area (Å²) in [7, 11) is 1.51. The second-order valence-electron chi connectivity index (χ2n) is 4.13. The van der Waals surface area contributed by atoms with Crippen LogP contribution in [0.25, 0.3) is 0 Å². The minimum absolute atomic E-state index is 0.0192.